The Balaban J connectivity index is 1.30. The van der Waals surface area contributed by atoms with Gasteiger partial charge in [-0.1, -0.05) is 35.6 Å². The second kappa shape index (κ2) is 9.55. The smallest absolute Gasteiger partial charge is 0.339 e. The monoisotopic (exact) mass is 487 g/mol. The number of aromatic nitrogens is 2. The molecule has 1 unspecified atom stereocenters. The number of nitrogens with zero attached hydrogens (tertiary/aromatic N) is 2. The van der Waals surface area contributed by atoms with Gasteiger partial charge in [-0.05, 0) is 56.3 Å². The van der Waals surface area contributed by atoms with Gasteiger partial charge >= 0.3 is 5.97 Å². The summed E-state index contributed by atoms with van der Waals surface area (Å²) in [5, 5.41) is 3.13. The SMILES string of the molecule is CCOc1ccc2nc(NC(=O)C(C)OC(=O)c3ccccc3-c3nc4ccccc4o3)sc2c1. The van der Waals surface area contributed by atoms with Crippen molar-refractivity contribution in [3.8, 4) is 17.2 Å². The quantitative estimate of drug-likeness (QED) is 0.294. The molecule has 0 saturated carbocycles. The molecule has 0 aliphatic rings. The van der Waals surface area contributed by atoms with Crippen LogP contribution in [0.1, 0.15) is 24.2 Å². The van der Waals surface area contributed by atoms with Gasteiger partial charge in [0.05, 0.1) is 28.0 Å². The van der Waals surface area contributed by atoms with Crippen molar-refractivity contribution < 1.29 is 23.5 Å². The number of hydrogen-bond acceptors (Lipinski definition) is 8. The van der Waals surface area contributed by atoms with Gasteiger partial charge in [-0.2, -0.15) is 0 Å². The molecule has 0 aliphatic carbocycles. The maximum absolute atomic E-state index is 13.0. The first kappa shape index (κ1) is 22.5. The average Bonchev–Trinajstić information content (AvgIpc) is 3.47. The number of thiazole rings is 1. The summed E-state index contributed by atoms with van der Waals surface area (Å²) in [6.45, 7) is 3.99. The molecule has 5 rings (SSSR count). The summed E-state index contributed by atoms with van der Waals surface area (Å²) in [6.07, 6.45) is -1.05. The van der Waals surface area contributed by atoms with Gasteiger partial charge in [0.1, 0.15) is 11.3 Å². The number of fused-ring (bicyclic) bond motifs is 2. The lowest BCUT2D eigenvalue weighted by atomic mass is 10.1. The minimum absolute atomic E-state index is 0.252. The molecule has 3 aromatic carbocycles. The van der Waals surface area contributed by atoms with Crippen molar-refractivity contribution in [2.75, 3.05) is 11.9 Å². The number of rotatable bonds is 7. The molecule has 0 bridgehead atoms. The van der Waals surface area contributed by atoms with Gasteiger partial charge in [-0.25, -0.2) is 14.8 Å². The Morgan fingerprint density at radius 2 is 1.83 bits per heavy atom. The standard InChI is InChI=1S/C26H21N3O5S/c1-3-32-16-12-13-20-22(14-16)35-26(28-20)29-23(30)15(2)33-25(31)18-9-5-4-8-17(18)24-27-19-10-6-7-11-21(19)34-24/h4-15H,3H2,1-2H3,(H,28,29,30). The molecule has 2 aromatic heterocycles. The summed E-state index contributed by atoms with van der Waals surface area (Å²) in [7, 11) is 0. The number of carbonyl (C=O) groups excluding carboxylic acids is 2. The van der Waals surface area contributed by atoms with E-state index in [1.54, 1.807) is 30.3 Å². The van der Waals surface area contributed by atoms with E-state index in [1.165, 1.54) is 18.3 Å². The Labute approximate surface area is 204 Å². The highest BCUT2D eigenvalue weighted by Crippen LogP contribution is 2.30. The first-order valence-corrected chi connectivity index (χ1v) is 11.8. The molecule has 9 heteroatoms. The Hall–Kier alpha value is -4.24. The van der Waals surface area contributed by atoms with Crippen molar-refractivity contribution >= 4 is 49.7 Å². The number of anilines is 1. The lowest BCUT2D eigenvalue weighted by Gasteiger charge is -2.13. The fourth-order valence-electron chi connectivity index (χ4n) is 3.53. The molecule has 5 aromatic rings. The molecule has 1 atom stereocenters. The third-order valence-corrected chi connectivity index (χ3v) is 6.16. The highest BCUT2D eigenvalue weighted by Gasteiger charge is 2.23. The van der Waals surface area contributed by atoms with E-state index < -0.39 is 18.0 Å². The van der Waals surface area contributed by atoms with Crippen LogP contribution in [-0.2, 0) is 9.53 Å². The molecule has 176 valence electrons. The van der Waals surface area contributed by atoms with Crippen LogP contribution < -0.4 is 10.1 Å². The minimum Gasteiger partial charge on any atom is -0.494 e. The first-order chi connectivity index (χ1) is 17.0. The number of hydrogen-bond donors (Lipinski definition) is 1. The molecular weight excluding hydrogens is 466 g/mol. The van der Waals surface area contributed by atoms with Crippen LogP contribution in [0.2, 0.25) is 0 Å². The maximum Gasteiger partial charge on any atom is 0.339 e. The summed E-state index contributed by atoms with van der Waals surface area (Å²) < 4.78 is 17.7. The van der Waals surface area contributed by atoms with Crippen molar-refractivity contribution in [3.05, 3.63) is 72.3 Å². The predicted molar refractivity (Wildman–Crippen MR) is 134 cm³/mol. The molecule has 0 fully saturated rings. The molecule has 0 spiro atoms. The first-order valence-electron chi connectivity index (χ1n) is 11.0. The Bertz CT molecular complexity index is 1510. The van der Waals surface area contributed by atoms with Gasteiger partial charge < -0.3 is 13.9 Å². The second-order valence-electron chi connectivity index (χ2n) is 7.65. The van der Waals surface area contributed by atoms with Crippen LogP contribution in [0, 0.1) is 0 Å². The van der Waals surface area contributed by atoms with Crippen LogP contribution in [0.4, 0.5) is 5.13 Å². The van der Waals surface area contributed by atoms with Gasteiger partial charge in [0.2, 0.25) is 5.89 Å². The average molecular weight is 488 g/mol. The van der Waals surface area contributed by atoms with E-state index in [4.69, 9.17) is 13.9 Å². The maximum atomic E-state index is 13.0. The zero-order valence-electron chi connectivity index (χ0n) is 19.0. The van der Waals surface area contributed by atoms with Gasteiger partial charge in [-0.3, -0.25) is 10.1 Å². The normalized spacial score (nSPS) is 11.9. The lowest BCUT2D eigenvalue weighted by molar-refractivity contribution is -0.123. The lowest BCUT2D eigenvalue weighted by Crippen LogP contribution is -2.30. The van der Waals surface area contributed by atoms with Gasteiger partial charge in [0.25, 0.3) is 5.91 Å². The van der Waals surface area contributed by atoms with Crippen molar-refractivity contribution in [1.29, 1.82) is 0 Å². The topological polar surface area (TPSA) is 104 Å². The fraction of sp³-hybridized carbons (Fsp3) is 0.154. The largest absolute Gasteiger partial charge is 0.494 e. The van der Waals surface area contributed by atoms with Gasteiger partial charge in [0, 0.05) is 0 Å². The number of amides is 1. The summed E-state index contributed by atoms with van der Waals surface area (Å²) in [5.41, 5.74) is 2.77. The van der Waals surface area contributed by atoms with Crippen LogP contribution in [0.5, 0.6) is 5.75 Å². The molecule has 0 saturated heterocycles. The summed E-state index contributed by atoms with van der Waals surface area (Å²) in [6, 6.07) is 19.7. The molecule has 2 heterocycles. The van der Waals surface area contributed by atoms with Crippen LogP contribution in [0.15, 0.2) is 71.1 Å². The predicted octanol–water partition coefficient (Wildman–Crippen LogP) is 5.69. The number of esters is 1. The summed E-state index contributed by atoms with van der Waals surface area (Å²) in [5.74, 6) is -0.101. The molecule has 35 heavy (non-hydrogen) atoms. The molecule has 0 radical (unpaired) electrons. The third-order valence-electron chi connectivity index (χ3n) is 5.23. The Kier molecular flexibility index (Phi) is 6.15. The number of ether oxygens (including phenoxy) is 2. The number of oxazole rings is 1. The van der Waals surface area contributed by atoms with Gasteiger partial charge in [-0.15, -0.1) is 0 Å². The minimum atomic E-state index is -1.05. The Morgan fingerprint density at radius 1 is 1.03 bits per heavy atom. The molecule has 8 nitrogen and oxygen atoms in total. The van der Waals surface area contributed by atoms with E-state index in [-0.39, 0.29) is 5.56 Å². The number of nitrogens with one attached hydrogen (secondary N) is 1. The van der Waals surface area contributed by atoms with E-state index in [9.17, 15) is 9.59 Å². The number of benzene rings is 3. The third kappa shape index (κ3) is 4.71. The van der Waals surface area contributed by atoms with E-state index in [0.717, 1.165) is 16.0 Å². The van der Waals surface area contributed by atoms with E-state index in [0.29, 0.717) is 34.3 Å². The number of carbonyl (C=O) groups is 2. The van der Waals surface area contributed by atoms with E-state index in [1.807, 2.05) is 43.3 Å². The molecule has 1 N–H and O–H groups in total. The van der Waals surface area contributed by atoms with Crippen LogP contribution in [0.3, 0.4) is 0 Å². The van der Waals surface area contributed by atoms with Crippen molar-refractivity contribution in [1.82, 2.24) is 9.97 Å². The summed E-state index contributed by atoms with van der Waals surface area (Å²) in [4.78, 5) is 34.6. The number of para-hydroxylation sites is 2. The van der Waals surface area contributed by atoms with E-state index in [2.05, 4.69) is 15.3 Å². The van der Waals surface area contributed by atoms with Crippen molar-refractivity contribution in [2.24, 2.45) is 0 Å². The highest BCUT2D eigenvalue weighted by atomic mass is 32.1. The fourth-order valence-corrected chi connectivity index (χ4v) is 4.43. The second-order valence-corrected chi connectivity index (χ2v) is 8.68. The molecule has 0 aliphatic heterocycles. The van der Waals surface area contributed by atoms with Crippen molar-refractivity contribution in [2.45, 2.75) is 20.0 Å². The van der Waals surface area contributed by atoms with E-state index >= 15 is 0 Å². The van der Waals surface area contributed by atoms with Crippen LogP contribution >= 0.6 is 11.3 Å². The Morgan fingerprint density at radius 3 is 2.66 bits per heavy atom. The van der Waals surface area contributed by atoms with Gasteiger partial charge in [0.15, 0.2) is 16.8 Å². The van der Waals surface area contributed by atoms with Crippen LogP contribution in [-0.4, -0.2) is 34.6 Å². The van der Waals surface area contributed by atoms with Crippen molar-refractivity contribution in [3.63, 3.8) is 0 Å². The highest BCUT2D eigenvalue weighted by molar-refractivity contribution is 7.22. The molecular formula is C26H21N3O5S. The summed E-state index contributed by atoms with van der Waals surface area (Å²) >= 11 is 1.32. The zero-order chi connectivity index (χ0) is 24.4. The zero-order valence-corrected chi connectivity index (χ0v) is 19.8. The molecule has 1 amide bonds. The van der Waals surface area contributed by atoms with Crippen LogP contribution in [0.25, 0.3) is 32.8 Å².